The first-order valence-electron chi connectivity index (χ1n) is 7.76. The molecule has 1 amide bonds. The highest BCUT2D eigenvalue weighted by atomic mass is 35.5. The summed E-state index contributed by atoms with van der Waals surface area (Å²) in [7, 11) is 0. The lowest BCUT2D eigenvalue weighted by Gasteiger charge is -2.10. The molecule has 0 spiro atoms. The first-order valence-corrected chi connectivity index (χ1v) is 8.14. The van der Waals surface area contributed by atoms with Gasteiger partial charge in [-0.2, -0.15) is 0 Å². The van der Waals surface area contributed by atoms with Gasteiger partial charge in [-0.1, -0.05) is 23.7 Å². The molecule has 0 saturated heterocycles. The zero-order valence-electron chi connectivity index (χ0n) is 14.2. The maximum Gasteiger partial charge on any atom is 0.338 e. The molecule has 0 heterocycles. The number of hydrogen-bond donors (Lipinski definition) is 1. The summed E-state index contributed by atoms with van der Waals surface area (Å²) in [4.78, 5) is 34.2. The minimum absolute atomic E-state index is 0.0114. The van der Waals surface area contributed by atoms with Crippen molar-refractivity contribution in [1.82, 2.24) is 5.32 Å². The van der Waals surface area contributed by atoms with Crippen LogP contribution in [0.5, 0.6) is 0 Å². The Labute approximate surface area is 155 Å². The lowest BCUT2D eigenvalue weighted by molar-refractivity contribution is -0.384. The smallest absolute Gasteiger partial charge is 0.338 e. The summed E-state index contributed by atoms with van der Waals surface area (Å²) in [6.45, 7) is 3.82. The summed E-state index contributed by atoms with van der Waals surface area (Å²) < 4.78 is 5.16. The molecule has 2 aromatic carbocycles. The number of esters is 1. The minimum atomic E-state index is -0.597. The van der Waals surface area contributed by atoms with Gasteiger partial charge in [0, 0.05) is 12.1 Å². The Morgan fingerprint density at radius 2 is 1.92 bits per heavy atom. The topological polar surface area (TPSA) is 98.5 Å². The largest absolute Gasteiger partial charge is 0.460 e. The second-order valence-corrected chi connectivity index (χ2v) is 5.97. The molecule has 8 heteroatoms. The molecule has 0 saturated carbocycles. The van der Waals surface area contributed by atoms with Crippen LogP contribution in [-0.4, -0.2) is 30.0 Å². The van der Waals surface area contributed by atoms with Gasteiger partial charge in [-0.15, -0.1) is 0 Å². The molecule has 26 heavy (non-hydrogen) atoms. The fourth-order valence-corrected chi connectivity index (χ4v) is 2.52. The van der Waals surface area contributed by atoms with Crippen molar-refractivity contribution in [3.63, 3.8) is 0 Å². The Morgan fingerprint density at radius 3 is 2.58 bits per heavy atom. The van der Waals surface area contributed by atoms with Crippen LogP contribution >= 0.6 is 11.6 Å². The van der Waals surface area contributed by atoms with Crippen molar-refractivity contribution in [2.75, 3.05) is 13.2 Å². The number of halogens is 1. The zero-order chi connectivity index (χ0) is 19.3. The minimum Gasteiger partial charge on any atom is -0.460 e. The number of carbonyl (C=O) groups excluding carboxylic acids is 2. The molecule has 0 aliphatic rings. The van der Waals surface area contributed by atoms with Crippen molar-refractivity contribution >= 4 is 29.2 Å². The van der Waals surface area contributed by atoms with Crippen molar-refractivity contribution < 1.29 is 19.2 Å². The predicted molar refractivity (Wildman–Crippen MR) is 96.6 cm³/mol. The molecule has 0 radical (unpaired) electrons. The van der Waals surface area contributed by atoms with E-state index in [1.165, 1.54) is 12.1 Å². The number of aryl methyl sites for hydroxylation is 1. The third-order valence-electron chi connectivity index (χ3n) is 3.85. The summed E-state index contributed by atoms with van der Waals surface area (Å²) in [5, 5.41) is 13.2. The fraction of sp³-hybridized carbons (Fsp3) is 0.222. The summed E-state index contributed by atoms with van der Waals surface area (Å²) in [6.07, 6.45) is 0. The Hall–Kier alpha value is -2.93. The number of rotatable bonds is 6. The maximum atomic E-state index is 12.1. The van der Waals surface area contributed by atoms with Gasteiger partial charge in [0.05, 0.1) is 27.6 Å². The van der Waals surface area contributed by atoms with Crippen LogP contribution in [0, 0.1) is 24.0 Å². The number of nitrogens with one attached hydrogen (secondary N) is 1. The van der Waals surface area contributed by atoms with Crippen molar-refractivity contribution in [2.45, 2.75) is 13.8 Å². The molecule has 0 atom stereocenters. The number of nitrogens with zero attached hydrogens (tertiary/aromatic N) is 1. The van der Waals surface area contributed by atoms with Crippen LogP contribution in [-0.2, 0) is 4.74 Å². The molecule has 136 valence electrons. The van der Waals surface area contributed by atoms with E-state index >= 15 is 0 Å². The van der Waals surface area contributed by atoms with Crippen LogP contribution in [0.25, 0.3) is 0 Å². The first kappa shape index (κ1) is 19.4. The summed E-state index contributed by atoms with van der Waals surface area (Å²) in [6, 6.07) is 8.94. The van der Waals surface area contributed by atoms with Crippen LogP contribution in [0.4, 0.5) is 5.69 Å². The Bertz CT molecular complexity index is 867. The summed E-state index contributed by atoms with van der Waals surface area (Å²) in [5.74, 6) is -0.971. The third kappa shape index (κ3) is 4.58. The van der Waals surface area contributed by atoms with E-state index in [0.717, 1.165) is 17.2 Å². The summed E-state index contributed by atoms with van der Waals surface area (Å²) >= 11 is 5.89. The first-order chi connectivity index (χ1) is 12.3. The number of non-ortho nitro benzene ring substituents is 1. The lowest BCUT2D eigenvalue weighted by Crippen LogP contribution is -2.28. The predicted octanol–water partition coefficient (Wildman–Crippen LogP) is 3.45. The van der Waals surface area contributed by atoms with Crippen LogP contribution in [0.3, 0.4) is 0 Å². The van der Waals surface area contributed by atoms with E-state index in [9.17, 15) is 19.7 Å². The van der Waals surface area contributed by atoms with E-state index in [-0.39, 0.29) is 29.4 Å². The Kier molecular flexibility index (Phi) is 6.30. The standard InChI is InChI=1S/C18H17ClN2O5/c1-11-4-3-5-14(12(11)2)18(23)26-9-8-20-17(22)15-7-6-13(21(24)25)10-16(15)19/h3-7,10H,8-9H2,1-2H3,(H,20,22). The highest BCUT2D eigenvalue weighted by Gasteiger charge is 2.15. The number of amides is 1. The van der Waals surface area contributed by atoms with E-state index in [0.29, 0.717) is 5.56 Å². The third-order valence-corrected chi connectivity index (χ3v) is 4.17. The van der Waals surface area contributed by atoms with Crippen molar-refractivity contribution in [1.29, 1.82) is 0 Å². The molecule has 0 aromatic heterocycles. The Balaban J connectivity index is 1.88. The van der Waals surface area contributed by atoms with Crippen LogP contribution in [0.15, 0.2) is 36.4 Å². The second-order valence-electron chi connectivity index (χ2n) is 5.56. The number of ether oxygens (including phenoxy) is 1. The van der Waals surface area contributed by atoms with Crippen molar-refractivity contribution in [3.8, 4) is 0 Å². The van der Waals surface area contributed by atoms with Gasteiger partial charge in [0.25, 0.3) is 11.6 Å². The summed E-state index contributed by atoms with van der Waals surface area (Å²) in [5.41, 5.74) is 2.22. The number of nitro benzene ring substituents is 1. The monoisotopic (exact) mass is 376 g/mol. The maximum absolute atomic E-state index is 12.1. The number of carbonyl (C=O) groups is 2. The quantitative estimate of drug-likeness (QED) is 0.360. The normalized spacial score (nSPS) is 10.3. The molecule has 0 aliphatic heterocycles. The molecule has 0 aliphatic carbocycles. The van der Waals surface area contributed by atoms with Crippen molar-refractivity contribution in [2.24, 2.45) is 0 Å². The highest BCUT2D eigenvalue weighted by molar-refractivity contribution is 6.34. The van der Waals surface area contributed by atoms with Gasteiger partial charge in [0.15, 0.2) is 0 Å². The van der Waals surface area contributed by atoms with Gasteiger partial charge in [-0.3, -0.25) is 14.9 Å². The average Bonchev–Trinajstić information content (AvgIpc) is 2.60. The van der Waals surface area contributed by atoms with Gasteiger partial charge in [0.2, 0.25) is 0 Å². The number of benzene rings is 2. The molecule has 7 nitrogen and oxygen atoms in total. The van der Waals surface area contributed by atoms with Crippen LogP contribution in [0.1, 0.15) is 31.8 Å². The number of nitro groups is 1. The van der Waals surface area contributed by atoms with Gasteiger partial charge >= 0.3 is 5.97 Å². The van der Waals surface area contributed by atoms with E-state index < -0.39 is 16.8 Å². The van der Waals surface area contributed by atoms with Gasteiger partial charge in [0.1, 0.15) is 6.61 Å². The average molecular weight is 377 g/mol. The zero-order valence-corrected chi connectivity index (χ0v) is 15.0. The van der Waals surface area contributed by atoms with E-state index in [1.807, 2.05) is 19.9 Å². The van der Waals surface area contributed by atoms with Gasteiger partial charge < -0.3 is 10.1 Å². The lowest BCUT2D eigenvalue weighted by atomic mass is 10.0. The van der Waals surface area contributed by atoms with Gasteiger partial charge in [-0.05, 0) is 37.1 Å². The molecule has 0 unspecified atom stereocenters. The molecule has 0 fully saturated rings. The SMILES string of the molecule is Cc1cccc(C(=O)OCCNC(=O)c2ccc([N+](=O)[O-])cc2Cl)c1C. The van der Waals surface area contributed by atoms with Crippen LogP contribution in [0.2, 0.25) is 5.02 Å². The van der Waals surface area contributed by atoms with E-state index in [1.54, 1.807) is 12.1 Å². The molecule has 1 N–H and O–H groups in total. The highest BCUT2D eigenvalue weighted by Crippen LogP contribution is 2.22. The van der Waals surface area contributed by atoms with Gasteiger partial charge in [-0.25, -0.2) is 4.79 Å². The molecule has 0 bridgehead atoms. The fourth-order valence-electron chi connectivity index (χ4n) is 2.26. The van der Waals surface area contributed by atoms with E-state index in [2.05, 4.69) is 5.32 Å². The molecular formula is C18H17ClN2O5. The van der Waals surface area contributed by atoms with E-state index in [4.69, 9.17) is 16.3 Å². The Morgan fingerprint density at radius 1 is 1.19 bits per heavy atom. The second kappa shape index (κ2) is 8.44. The molecule has 2 aromatic rings. The van der Waals surface area contributed by atoms with Crippen LogP contribution < -0.4 is 5.32 Å². The van der Waals surface area contributed by atoms with Crippen molar-refractivity contribution in [3.05, 3.63) is 73.8 Å². The number of hydrogen-bond acceptors (Lipinski definition) is 5. The molecule has 2 rings (SSSR count). The molecular weight excluding hydrogens is 360 g/mol.